The summed E-state index contributed by atoms with van der Waals surface area (Å²) in [7, 11) is 1.48. The maximum absolute atomic E-state index is 12.8. The zero-order valence-corrected chi connectivity index (χ0v) is 29.2. The third-order valence-electron chi connectivity index (χ3n) is 8.29. The number of ether oxygens (including phenoxy) is 3. The van der Waals surface area contributed by atoms with Crippen LogP contribution in [0.25, 0.3) is 6.08 Å². The standard InChI is InChI=1S/C40H58O7/c1-4-6-8-10-12-14-16-18-20-22-39(43)46-34-26-24-32(25-29-36(41)35-28-27-33(45-3)30-37(35)42)38(31-34)47-40(44)23-21-19-17-15-13-11-9-7-5-2/h24-31,42H,4-23H2,1-3H3. The highest BCUT2D eigenvalue weighted by molar-refractivity contribution is 6.08. The second-order valence-corrected chi connectivity index (χ2v) is 12.4. The Morgan fingerprint density at radius 3 is 1.62 bits per heavy atom. The van der Waals surface area contributed by atoms with Crippen LogP contribution in [0.2, 0.25) is 0 Å². The molecular weight excluding hydrogens is 592 g/mol. The molecule has 7 heteroatoms. The molecule has 0 aliphatic carbocycles. The van der Waals surface area contributed by atoms with Crippen LogP contribution < -0.4 is 14.2 Å². The Bertz CT molecular complexity index is 1230. The van der Waals surface area contributed by atoms with Gasteiger partial charge in [-0.15, -0.1) is 0 Å². The van der Waals surface area contributed by atoms with Gasteiger partial charge >= 0.3 is 11.9 Å². The molecule has 1 N–H and O–H groups in total. The number of aromatic hydroxyl groups is 1. The number of hydrogen-bond donors (Lipinski definition) is 1. The fourth-order valence-corrected chi connectivity index (χ4v) is 5.42. The maximum atomic E-state index is 12.8. The lowest BCUT2D eigenvalue weighted by Crippen LogP contribution is -2.10. The fraction of sp³-hybridized carbons (Fsp3) is 0.575. The molecule has 0 aromatic heterocycles. The van der Waals surface area contributed by atoms with Gasteiger partial charge in [-0.1, -0.05) is 117 Å². The number of phenolic OH excluding ortho intramolecular Hbond substituents is 1. The highest BCUT2D eigenvalue weighted by Crippen LogP contribution is 2.29. The van der Waals surface area contributed by atoms with Gasteiger partial charge in [-0.25, -0.2) is 0 Å². The van der Waals surface area contributed by atoms with Gasteiger partial charge in [0.2, 0.25) is 0 Å². The van der Waals surface area contributed by atoms with Crippen molar-refractivity contribution in [1.82, 2.24) is 0 Å². The number of unbranched alkanes of at least 4 members (excludes halogenated alkanes) is 16. The van der Waals surface area contributed by atoms with Gasteiger partial charge in [-0.05, 0) is 49.3 Å². The van der Waals surface area contributed by atoms with Crippen molar-refractivity contribution < 1.29 is 33.7 Å². The minimum Gasteiger partial charge on any atom is -0.507 e. The molecule has 0 saturated heterocycles. The van der Waals surface area contributed by atoms with Crippen LogP contribution in [0.15, 0.2) is 42.5 Å². The number of carbonyl (C=O) groups is 3. The van der Waals surface area contributed by atoms with Gasteiger partial charge in [0.15, 0.2) is 5.78 Å². The topological polar surface area (TPSA) is 99.1 Å². The lowest BCUT2D eigenvalue weighted by molar-refractivity contribution is -0.135. The van der Waals surface area contributed by atoms with Crippen LogP contribution in [0.1, 0.15) is 158 Å². The summed E-state index contributed by atoms with van der Waals surface area (Å²) in [6.45, 7) is 4.44. The van der Waals surface area contributed by atoms with E-state index in [2.05, 4.69) is 13.8 Å². The highest BCUT2D eigenvalue weighted by Gasteiger charge is 2.14. The van der Waals surface area contributed by atoms with Gasteiger partial charge in [0.25, 0.3) is 0 Å². The first kappa shape index (κ1) is 39.6. The highest BCUT2D eigenvalue weighted by atomic mass is 16.5. The van der Waals surface area contributed by atoms with Gasteiger partial charge in [0.05, 0.1) is 12.7 Å². The first-order chi connectivity index (χ1) is 22.9. The van der Waals surface area contributed by atoms with E-state index in [4.69, 9.17) is 14.2 Å². The number of ketones is 1. The number of hydrogen-bond acceptors (Lipinski definition) is 7. The predicted octanol–water partition coefficient (Wildman–Crippen LogP) is 10.9. The number of carbonyl (C=O) groups excluding carboxylic acids is 3. The van der Waals surface area contributed by atoms with Crippen LogP contribution in [-0.4, -0.2) is 29.9 Å². The fourth-order valence-electron chi connectivity index (χ4n) is 5.42. The average molecular weight is 651 g/mol. The van der Waals surface area contributed by atoms with Crippen LogP contribution in [0, 0.1) is 0 Å². The number of benzene rings is 2. The van der Waals surface area contributed by atoms with E-state index >= 15 is 0 Å². The summed E-state index contributed by atoms with van der Waals surface area (Å²) in [6.07, 6.45) is 24.2. The number of allylic oxidation sites excluding steroid dienone is 1. The lowest BCUT2D eigenvalue weighted by Gasteiger charge is -2.11. The molecule has 2 aromatic carbocycles. The molecule has 7 nitrogen and oxygen atoms in total. The van der Waals surface area contributed by atoms with Crippen molar-refractivity contribution in [2.45, 2.75) is 142 Å². The van der Waals surface area contributed by atoms with Crippen LogP contribution in [0.4, 0.5) is 0 Å². The third kappa shape index (κ3) is 17.2. The summed E-state index contributed by atoms with van der Waals surface area (Å²) < 4.78 is 16.4. The number of methoxy groups -OCH3 is 1. The van der Waals surface area contributed by atoms with Crippen molar-refractivity contribution >= 4 is 23.8 Å². The van der Waals surface area contributed by atoms with Crippen molar-refractivity contribution in [3.8, 4) is 23.0 Å². The van der Waals surface area contributed by atoms with Crippen molar-refractivity contribution in [2.24, 2.45) is 0 Å². The molecule has 0 unspecified atom stereocenters. The van der Waals surface area contributed by atoms with Crippen LogP contribution in [0.3, 0.4) is 0 Å². The van der Waals surface area contributed by atoms with E-state index in [1.807, 2.05) is 0 Å². The van der Waals surface area contributed by atoms with E-state index in [1.54, 1.807) is 18.2 Å². The molecule has 0 spiro atoms. The summed E-state index contributed by atoms with van der Waals surface area (Å²) in [5, 5.41) is 10.3. The molecular formula is C40H58O7. The number of rotatable bonds is 26. The van der Waals surface area contributed by atoms with E-state index < -0.39 is 5.78 Å². The van der Waals surface area contributed by atoms with Gasteiger partial charge in [0, 0.05) is 30.5 Å². The Morgan fingerprint density at radius 1 is 0.617 bits per heavy atom. The summed E-state index contributed by atoms with van der Waals surface area (Å²) in [4.78, 5) is 38.2. The smallest absolute Gasteiger partial charge is 0.311 e. The van der Waals surface area contributed by atoms with E-state index in [0.717, 1.165) is 38.5 Å². The minimum atomic E-state index is -0.423. The van der Waals surface area contributed by atoms with Crippen molar-refractivity contribution in [3.05, 3.63) is 53.6 Å². The van der Waals surface area contributed by atoms with E-state index in [1.165, 1.54) is 115 Å². The van der Waals surface area contributed by atoms with Gasteiger partial charge in [-0.2, -0.15) is 0 Å². The largest absolute Gasteiger partial charge is 0.507 e. The van der Waals surface area contributed by atoms with E-state index in [0.29, 0.717) is 17.7 Å². The first-order valence-electron chi connectivity index (χ1n) is 18.0. The number of esters is 2. The van der Waals surface area contributed by atoms with Crippen LogP contribution >= 0.6 is 0 Å². The molecule has 0 bridgehead atoms. The van der Waals surface area contributed by atoms with E-state index in [9.17, 15) is 19.5 Å². The van der Waals surface area contributed by atoms with Crippen LogP contribution in [0.5, 0.6) is 23.0 Å². The molecule has 0 amide bonds. The SMILES string of the molecule is CCCCCCCCCCCC(=O)Oc1ccc(C=CC(=O)c2ccc(OC)cc2O)c(OC(=O)CCCCCCCCCCC)c1. The zero-order chi connectivity index (χ0) is 34.1. The lowest BCUT2D eigenvalue weighted by atomic mass is 10.1. The average Bonchev–Trinajstić information content (AvgIpc) is 3.06. The summed E-state index contributed by atoms with van der Waals surface area (Å²) in [6, 6.07) is 9.26. The summed E-state index contributed by atoms with van der Waals surface area (Å²) >= 11 is 0. The second kappa shape index (κ2) is 24.5. The van der Waals surface area contributed by atoms with Gasteiger partial charge in [-0.3, -0.25) is 14.4 Å². The van der Waals surface area contributed by atoms with Gasteiger partial charge in [0.1, 0.15) is 23.0 Å². The third-order valence-corrected chi connectivity index (χ3v) is 8.29. The molecule has 2 rings (SSSR count). The van der Waals surface area contributed by atoms with Crippen LogP contribution in [-0.2, 0) is 9.59 Å². The minimum absolute atomic E-state index is 0.119. The van der Waals surface area contributed by atoms with E-state index in [-0.39, 0.29) is 41.2 Å². The molecule has 0 atom stereocenters. The number of phenols is 1. The van der Waals surface area contributed by atoms with Crippen molar-refractivity contribution in [3.63, 3.8) is 0 Å². The van der Waals surface area contributed by atoms with Crippen molar-refractivity contribution in [2.75, 3.05) is 7.11 Å². The molecule has 0 fully saturated rings. The first-order valence-corrected chi connectivity index (χ1v) is 18.0. The molecule has 260 valence electrons. The molecule has 0 aliphatic rings. The Balaban J connectivity index is 1.97. The Hall–Kier alpha value is -3.61. The molecule has 2 aromatic rings. The summed E-state index contributed by atoms with van der Waals surface area (Å²) in [5.41, 5.74) is 0.596. The molecule has 0 saturated carbocycles. The van der Waals surface area contributed by atoms with Crippen molar-refractivity contribution in [1.29, 1.82) is 0 Å². The predicted molar refractivity (Wildman–Crippen MR) is 189 cm³/mol. The Labute approximate surface area is 283 Å². The normalized spacial score (nSPS) is 11.1. The summed E-state index contributed by atoms with van der Waals surface area (Å²) in [5.74, 6) is -0.384. The van der Waals surface area contributed by atoms with Gasteiger partial charge < -0.3 is 19.3 Å². The maximum Gasteiger partial charge on any atom is 0.311 e. The molecule has 0 radical (unpaired) electrons. The quantitative estimate of drug-likeness (QED) is 0.0355. The Morgan fingerprint density at radius 2 is 1.11 bits per heavy atom. The monoisotopic (exact) mass is 650 g/mol. The Kier molecular flexibility index (Phi) is 20.7. The molecule has 47 heavy (non-hydrogen) atoms. The zero-order valence-electron chi connectivity index (χ0n) is 29.2. The molecule has 0 heterocycles. The molecule has 0 aliphatic heterocycles. The second-order valence-electron chi connectivity index (χ2n) is 12.4.